The highest BCUT2D eigenvalue weighted by Gasteiger charge is 2.35. The molecule has 1 aromatic heterocycles. The lowest BCUT2D eigenvalue weighted by molar-refractivity contribution is -0.123. The van der Waals surface area contributed by atoms with Crippen molar-refractivity contribution in [2.45, 2.75) is 19.3 Å². The minimum absolute atomic E-state index is 0.105. The van der Waals surface area contributed by atoms with Gasteiger partial charge in [0.2, 0.25) is 17.8 Å². The summed E-state index contributed by atoms with van der Waals surface area (Å²) in [5.41, 5.74) is 1.44. The number of hydrogen-bond acceptors (Lipinski definition) is 6. The van der Waals surface area contributed by atoms with Crippen molar-refractivity contribution < 1.29 is 14.3 Å². The number of rotatable bonds is 3. The Morgan fingerprint density at radius 2 is 1.93 bits per heavy atom. The van der Waals surface area contributed by atoms with E-state index in [9.17, 15) is 14.4 Å². The molecular weight excluding hydrogens is 362 g/mol. The van der Waals surface area contributed by atoms with Crippen molar-refractivity contribution in [3.63, 3.8) is 0 Å². The van der Waals surface area contributed by atoms with Crippen LogP contribution in [0.3, 0.4) is 0 Å². The van der Waals surface area contributed by atoms with Gasteiger partial charge in [0.25, 0.3) is 5.56 Å². The summed E-state index contributed by atoms with van der Waals surface area (Å²) in [6.45, 7) is 4.20. The summed E-state index contributed by atoms with van der Waals surface area (Å²) in [5, 5.41) is 5.41. The van der Waals surface area contributed by atoms with Crippen molar-refractivity contribution in [2.75, 3.05) is 41.8 Å². The highest BCUT2D eigenvalue weighted by Crippen LogP contribution is 2.30. The predicted octanol–water partition coefficient (Wildman–Crippen LogP) is 0.979. The van der Waals surface area contributed by atoms with E-state index in [-0.39, 0.29) is 23.7 Å². The number of aromatic nitrogens is 2. The molecule has 3 heterocycles. The Kier molecular flexibility index (Phi) is 4.82. The summed E-state index contributed by atoms with van der Waals surface area (Å²) >= 11 is 0. The minimum Gasteiger partial charge on any atom is -0.378 e. The normalized spacial score (nSPS) is 19.0. The van der Waals surface area contributed by atoms with Crippen molar-refractivity contribution in [3.8, 4) is 0 Å². The van der Waals surface area contributed by atoms with Crippen molar-refractivity contribution in [1.29, 1.82) is 0 Å². The molecule has 28 heavy (non-hydrogen) atoms. The molecule has 1 atom stereocenters. The number of aryl methyl sites for hydroxylation is 1. The second-order valence-corrected chi connectivity index (χ2v) is 6.91. The van der Waals surface area contributed by atoms with E-state index in [1.54, 1.807) is 12.1 Å². The van der Waals surface area contributed by atoms with Crippen LogP contribution in [0.4, 0.5) is 17.5 Å². The average molecular weight is 383 g/mol. The van der Waals surface area contributed by atoms with Crippen molar-refractivity contribution in [3.05, 3.63) is 45.7 Å². The third-order valence-electron chi connectivity index (χ3n) is 4.88. The van der Waals surface area contributed by atoms with Gasteiger partial charge in [-0.1, -0.05) is 17.7 Å². The molecule has 9 heteroatoms. The summed E-state index contributed by atoms with van der Waals surface area (Å²) < 4.78 is 5.31. The van der Waals surface area contributed by atoms with Gasteiger partial charge < -0.3 is 20.3 Å². The second-order valence-electron chi connectivity index (χ2n) is 6.91. The van der Waals surface area contributed by atoms with E-state index in [4.69, 9.17) is 4.74 Å². The zero-order valence-corrected chi connectivity index (χ0v) is 15.4. The summed E-state index contributed by atoms with van der Waals surface area (Å²) in [7, 11) is 0. The van der Waals surface area contributed by atoms with Gasteiger partial charge in [-0.25, -0.2) is 0 Å². The molecule has 3 N–H and O–H groups in total. The first-order valence-electron chi connectivity index (χ1n) is 9.15. The number of ether oxygens (including phenoxy) is 1. The number of carbonyl (C=O) groups is 2. The van der Waals surface area contributed by atoms with Crippen LogP contribution in [-0.4, -0.2) is 48.1 Å². The second kappa shape index (κ2) is 7.43. The fourth-order valence-corrected chi connectivity index (χ4v) is 3.37. The molecule has 2 amide bonds. The van der Waals surface area contributed by atoms with Crippen LogP contribution < -0.4 is 21.1 Å². The fraction of sp³-hybridized carbons (Fsp3) is 0.368. The molecule has 9 nitrogen and oxygen atoms in total. The molecule has 1 saturated heterocycles. The highest BCUT2D eigenvalue weighted by molar-refractivity contribution is 6.04. The smallest absolute Gasteiger partial charge is 0.258 e. The number of benzene rings is 1. The Morgan fingerprint density at radius 1 is 1.21 bits per heavy atom. The minimum atomic E-state index is -0.903. The lowest BCUT2D eigenvalue weighted by atomic mass is 9.92. The number of carbonyl (C=O) groups excluding carboxylic acids is 2. The summed E-state index contributed by atoms with van der Waals surface area (Å²) in [6.07, 6.45) is -0.105. The molecule has 1 aromatic carbocycles. The largest absolute Gasteiger partial charge is 0.378 e. The SMILES string of the molecule is Cc1ccc(NC(=O)[C@H]2CC(=O)Nc3nc(N4CCOCC4)[nH]c(=O)c32)cc1. The molecule has 4 rings (SSSR count). The third kappa shape index (κ3) is 3.61. The molecule has 0 saturated carbocycles. The molecule has 146 valence electrons. The monoisotopic (exact) mass is 383 g/mol. The molecule has 2 aliphatic heterocycles. The van der Waals surface area contributed by atoms with Gasteiger partial charge in [0.1, 0.15) is 5.82 Å². The molecule has 0 unspecified atom stereocenters. The number of morpholine rings is 1. The molecular formula is C19H21N5O4. The van der Waals surface area contributed by atoms with E-state index in [0.717, 1.165) is 5.56 Å². The molecule has 2 aliphatic rings. The lowest BCUT2D eigenvalue weighted by Crippen LogP contribution is -2.41. The number of nitrogens with zero attached hydrogens (tertiary/aromatic N) is 2. The predicted molar refractivity (Wildman–Crippen MR) is 104 cm³/mol. The Morgan fingerprint density at radius 3 is 2.64 bits per heavy atom. The molecule has 0 aliphatic carbocycles. The van der Waals surface area contributed by atoms with Crippen LogP contribution >= 0.6 is 0 Å². The van der Waals surface area contributed by atoms with Gasteiger partial charge in [-0.15, -0.1) is 0 Å². The van der Waals surface area contributed by atoms with Crippen molar-refractivity contribution >= 4 is 29.3 Å². The number of anilines is 3. The first kappa shape index (κ1) is 18.2. The molecule has 0 spiro atoms. The number of H-pyrrole nitrogens is 1. The van der Waals surface area contributed by atoms with Crippen LogP contribution in [0.5, 0.6) is 0 Å². The van der Waals surface area contributed by atoms with E-state index in [2.05, 4.69) is 20.6 Å². The highest BCUT2D eigenvalue weighted by atomic mass is 16.5. The Balaban J connectivity index is 1.64. The maximum Gasteiger partial charge on any atom is 0.258 e. The van der Waals surface area contributed by atoms with Gasteiger partial charge in [-0.05, 0) is 19.1 Å². The number of aromatic amines is 1. The van der Waals surface area contributed by atoms with E-state index in [1.807, 2.05) is 24.0 Å². The number of nitrogens with one attached hydrogen (secondary N) is 3. The van der Waals surface area contributed by atoms with Crippen LogP contribution in [0.25, 0.3) is 0 Å². The third-order valence-corrected chi connectivity index (χ3v) is 4.88. The molecule has 1 fully saturated rings. The van der Waals surface area contributed by atoms with E-state index >= 15 is 0 Å². The standard InChI is InChI=1S/C19H21N5O4/c1-11-2-4-12(5-3-11)20-17(26)13-10-14(25)21-16-15(13)18(27)23-19(22-16)24-6-8-28-9-7-24/h2-5,13H,6-10H2,1H3,(H,20,26)(H2,21,22,23,25,27)/t13-/m0/s1. The maximum atomic E-state index is 12.8. The van der Waals surface area contributed by atoms with E-state index in [0.29, 0.717) is 37.9 Å². The zero-order chi connectivity index (χ0) is 19.7. The Hall–Kier alpha value is -3.20. The maximum absolute atomic E-state index is 12.8. The summed E-state index contributed by atoms with van der Waals surface area (Å²) in [5.74, 6) is -1.15. The van der Waals surface area contributed by atoms with Gasteiger partial charge in [0.15, 0.2) is 0 Å². The topological polar surface area (TPSA) is 116 Å². The quantitative estimate of drug-likeness (QED) is 0.728. The summed E-state index contributed by atoms with van der Waals surface area (Å²) in [6, 6.07) is 7.31. The van der Waals surface area contributed by atoms with Crippen molar-refractivity contribution in [1.82, 2.24) is 9.97 Å². The number of hydrogen-bond donors (Lipinski definition) is 3. The zero-order valence-electron chi connectivity index (χ0n) is 15.4. The molecule has 0 bridgehead atoms. The van der Waals surface area contributed by atoms with Gasteiger partial charge in [-0.3, -0.25) is 19.4 Å². The number of fused-ring (bicyclic) bond motifs is 1. The van der Waals surface area contributed by atoms with Gasteiger partial charge in [0.05, 0.1) is 24.7 Å². The van der Waals surface area contributed by atoms with Crippen molar-refractivity contribution in [2.24, 2.45) is 0 Å². The Labute approximate surface area is 161 Å². The van der Waals surface area contributed by atoms with E-state index < -0.39 is 17.4 Å². The van der Waals surface area contributed by atoms with Gasteiger partial charge in [-0.2, -0.15) is 4.98 Å². The van der Waals surface area contributed by atoms with Gasteiger partial charge >= 0.3 is 0 Å². The first-order valence-corrected chi connectivity index (χ1v) is 9.15. The molecule has 2 aromatic rings. The van der Waals surface area contributed by atoms with Crippen LogP contribution in [0, 0.1) is 6.92 Å². The molecule has 0 radical (unpaired) electrons. The summed E-state index contributed by atoms with van der Waals surface area (Å²) in [4.78, 5) is 46.8. The fourth-order valence-electron chi connectivity index (χ4n) is 3.37. The van der Waals surface area contributed by atoms with Crippen LogP contribution in [0.1, 0.15) is 23.5 Å². The van der Waals surface area contributed by atoms with E-state index in [1.165, 1.54) is 0 Å². The van der Waals surface area contributed by atoms with Gasteiger partial charge in [0, 0.05) is 25.2 Å². The lowest BCUT2D eigenvalue weighted by Gasteiger charge is -2.29. The van der Waals surface area contributed by atoms with Crippen LogP contribution in [-0.2, 0) is 14.3 Å². The first-order chi connectivity index (χ1) is 13.5. The van der Waals surface area contributed by atoms with Crippen LogP contribution in [0.2, 0.25) is 0 Å². The van der Waals surface area contributed by atoms with Crippen LogP contribution in [0.15, 0.2) is 29.1 Å². The number of amides is 2. The average Bonchev–Trinajstić information content (AvgIpc) is 2.69. The Bertz CT molecular complexity index is 963.